The Labute approximate surface area is 131 Å². The van der Waals surface area contributed by atoms with Crippen LogP contribution >= 0.6 is 0 Å². The van der Waals surface area contributed by atoms with E-state index in [1.165, 1.54) is 0 Å². The predicted molar refractivity (Wildman–Crippen MR) is 83.1 cm³/mol. The quantitative estimate of drug-likeness (QED) is 0.794. The van der Waals surface area contributed by atoms with Crippen LogP contribution in [-0.4, -0.2) is 62.3 Å². The Kier molecular flexibility index (Phi) is 5.07. The van der Waals surface area contributed by atoms with Crippen LogP contribution in [0.4, 0.5) is 11.8 Å². The minimum Gasteiger partial charge on any atom is -0.385 e. The third-order valence-electron chi connectivity index (χ3n) is 4.11. The normalized spacial score (nSPS) is 20.5. The van der Waals surface area contributed by atoms with E-state index in [2.05, 4.69) is 20.2 Å². The Morgan fingerprint density at radius 1 is 1.32 bits per heavy atom. The number of rotatable bonds is 6. The van der Waals surface area contributed by atoms with E-state index in [0.717, 1.165) is 51.3 Å². The summed E-state index contributed by atoms with van der Waals surface area (Å²) < 4.78 is 16.6. The highest BCUT2D eigenvalue weighted by Gasteiger charge is 2.40. The molecule has 0 amide bonds. The molecule has 1 N–H and O–H groups in total. The van der Waals surface area contributed by atoms with Gasteiger partial charge in [-0.3, -0.25) is 0 Å². The minimum atomic E-state index is -0.342. The van der Waals surface area contributed by atoms with Gasteiger partial charge in [-0.05, 0) is 12.5 Å². The molecule has 122 valence electrons. The van der Waals surface area contributed by atoms with Crippen LogP contribution in [0.2, 0.25) is 0 Å². The average molecular weight is 308 g/mol. The van der Waals surface area contributed by atoms with Crippen molar-refractivity contribution in [2.24, 2.45) is 0 Å². The lowest BCUT2D eigenvalue weighted by atomic mass is 10.0. The zero-order chi connectivity index (χ0) is 15.3. The van der Waals surface area contributed by atoms with Crippen LogP contribution < -0.4 is 10.2 Å². The molecule has 1 spiro atoms. The molecule has 22 heavy (non-hydrogen) atoms. The molecule has 0 radical (unpaired) electrons. The van der Waals surface area contributed by atoms with E-state index in [0.29, 0.717) is 19.2 Å². The van der Waals surface area contributed by atoms with Gasteiger partial charge in [0.05, 0.1) is 13.2 Å². The lowest BCUT2D eigenvalue weighted by Crippen LogP contribution is -2.45. The molecule has 2 aliphatic heterocycles. The number of hydrogen-bond donors (Lipinski definition) is 1. The summed E-state index contributed by atoms with van der Waals surface area (Å²) in [6, 6.07) is 1.95. The number of methoxy groups -OCH3 is 1. The summed E-state index contributed by atoms with van der Waals surface area (Å²) in [7, 11) is 1.71. The Morgan fingerprint density at radius 3 is 2.82 bits per heavy atom. The lowest BCUT2D eigenvalue weighted by Gasteiger charge is -2.38. The molecule has 0 aliphatic carbocycles. The molecule has 2 fully saturated rings. The van der Waals surface area contributed by atoms with Gasteiger partial charge in [-0.1, -0.05) is 0 Å². The zero-order valence-corrected chi connectivity index (χ0v) is 13.1. The molecule has 0 unspecified atom stereocenters. The van der Waals surface area contributed by atoms with E-state index >= 15 is 0 Å². The van der Waals surface area contributed by atoms with Crippen molar-refractivity contribution in [2.75, 3.05) is 56.8 Å². The summed E-state index contributed by atoms with van der Waals surface area (Å²) in [5, 5.41) is 3.23. The average Bonchev–Trinajstić information content (AvgIpc) is 3.01. The van der Waals surface area contributed by atoms with Crippen LogP contribution in [-0.2, 0) is 14.2 Å². The van der Waals surface area contributed by atoms with E-state index in [1.54, 1.807) is 13.3 Å². The van der Waals surface area contributed by atoms with Gasteiger partial charge >= 0.3 is 0 Å². The second-order valence-electron chi connectivity index (χ2n) is 5.61. The van der Waals surface area contributed by atoms with Crippen molar-refractivity contribution in [3.05, 3.63) is 12.3 Å². The van der Waals surface area contributed by atoms with Crippen molar-refractivity contribution < 1.29 is 14.2 Å². The van der Waals surface area contributed by atoms with Crippen molar-refractivity contribution in [1.82, 2.24) is 9.97 Å². The predicted octanol–water partition coefficient (Wildman–Crippen LogP) is 1.27. The fourth-order valence-electron chi connectivity index (χ4n) is 2.89. The molecule has 0 aromatic carbocycles. The second-order valence-corrected chi connectivity index (χ2v) is 5.61. The summed E-state index contributed by atoms with van der Waals surface area (Å²) in [5.74, 6) is 1.28. The molecule has 0 saturated carbocycles. The van der Waals surface area contributed by atoms with Gasteiger partial charge < -0.3 is 24.4 Å². The first-order chi connectivity index (χ1) is 10.8. The molecule has 7 nitrogen and oxygen atoms in total. The molecule has 0 bridgehead atoms. The first-order valence-electron chi connectivity index (χ1n) is 7.90. The first kappa shape index (κ1) is 15.5. The van der Waals surface area contributed by atoms with Crippen molar-refractivity contribution in [1.29, 1.82) is 0 Å². The van der Waals surface area contributed by atoms with E-state index in [4.69, 9.17) is 14.2 Å². The third-order valence-corrected chi connectivity index (χ3v) is 4.11. The number of nitrogens with zero attached hydrogens (tertiary/aromatic N) is 3. The number of nitrogens with one attached hydrogen (secondary N) is 1. The maximum atomic E-state index is 5.76. The summed E-state index contributed by atoms with van der Waals surface area (Å²) in [4.78, 5) is 11.1. The minimum absolute atomic E-state index is 0.342. The Bertz CT molecular complexity index is 470. The van der Waals surface area contributed by atoms with E-state index in [9.17, 15) is 0 Å². The van der Waals surface area contributed by atoms with E-state index in [1.807, 2.05) is 6.07 Å². The van der Waals surface area contributed by atoms with Crippen molar-refractivity contribution >= 4 is 11.8 Å². The smallest absolute Gasteiger partial charge is 0.224 e. The number of aromatic nitrogens is 2. The van der Waals surface area contributed by atoms with Gasteiger partial charge in [-0.15, -0.1) is 0 Å². The van der Waals surface area contributed by atoms with Crippen LogP contribution in [0.1, 0.15) is 19.3 Å². The summed E-state index contributed by atoms with van der Waals surface area (Å²) in [6.07, 6.45) is 4.50. The van der Waals surface area contributed by atoms with Gasteiger partial charge in [-0.2, -0.15) is 4.98 Å². The number of piperidine rings is 1. The van der Waals surface area contributed by atoms with Crippen LogP contribution in [0.5, 0.6) is 0 Å². The second kappa shape index (κ2) is 7.21. The fourth-order valence-corrected chi connectivity index (χ4v) is 2.89. The fraction of sp³-hybridized carbons (Fsp3) is 0.733. The van der Waals surface area contributed by atoms with Crippen LogP contribution in [0, 0.1) is 0 Å². The van der Waals surface area contributed by atoms with E-state index < -0.39 is 0 Å². The van der Waals surface area contributed by atoms with Gasteiger partial charge in [0, 0.05) is 52.4 Å². The van der Waals surface area contributed by atoms with Crippen molar-refractivity contribution in [2.45, 2.75) is 25.0 Å². The largest absolute Gasteiger partial charge is 0.385 e. The topological polar surface area (TPSA) is 68.7 Å². The lowest BCUT2D eigenvalue weighted by molar-refractivity contribution is -0.169. The van der Waals surface area contributed by atoms with Gasteiger partial charge in [0.2, 0.25) is 5.95 Å². The van der Waals surface area contributed by atoms with Gasteiger partial charge in [0.1, 0.15) is 5.82 Å². The molecular formula is C15H24N4O3. The number of anilines is 2. The molecule has 1 aromatic rings. The third kappa shape index (κ3) is 3.66. The molecular weight excluding hydrogens is 284 g/mol. The first-order valence-corrected chi connectivity index (χ1v) is 7.90. The molecule has 3 rings (SSSR count). The molecule has 3 heterocycles. The SMILES string of the molecule is COCCCNc1nccc(N2CCC3(CC2)OCCO3)n1. The van der Waals surface area contributed by atoms with Crippen LogP contribution in [0.15, 0.2) is 12.3 Å². The molecule has 1 aromatic heterocycles. The maximum Gasteiger partial charge on any atom is 0.224 e. The molecule has 0 atom stereocenters. The van der Waals surface area contributed by atoms with Crippen molar-refractivity contribution in [3.8, 4) is 0 Å². The van der Waals surface area contributed by atoms with Gasteiger partial charge in [-0.25, -0.2) is 4.98 Å². The van der Waals surface area contributed by atoms with Crippen LogP contribution in [0.25, 0.3) is 0 Å². The summed E-state index contributed by atoms with van der Waals surface area (Å²) in [6.45, 7) is 4.75. The summed E-state index contributed by atoms with van der Waals surface area (Å²) in [5.41, 5.74) is 0. The Morgan fingerprint density at radius 2 is 2.09 bits per heavy atom. The Hall–Kier alpha value is -1.44. The Balaban J connectivity index is 1.54. The van der Waals surface area contributed by atoms with Gasteiger partial charge in [0.25, 0.3) is 0 Å². The monoisotopic (exact) mass is 308 g/mol. The summed E-state index contributed by atoms with van der Waals surface area (Å²) >= 11 is 0. The molecule has 7 heteroatoms. The molecule has 2 aliphatic rings. The molecule has 2 saturated heterocycles. The highest BCUT2D eigenvalue weighted by molar-refractivity contribution is 5.43. The number of hydrogen-bond acceptors (Lipinski definition) is 7. The number of ether oxygens (including phenoxy) is 3. The van der Waals surface area contributed by atoms with Crippen molar-refractivity contribution in [3.63, 3.8) is 0 Å². The maximum absolute atomic E-state index is 5.76. The van der Waals surface area contributed by atoms with Crippen LogP contribution in [0.3, 0.4) is 0 Å². The van der Waals surface area contributed by atoms with Gasteiger partial charge in [0.15, 0.2) is 5.79 Å². The highest BCUT2D eigenvalue weighted by atomic mass is 16.7. The zero-order valence-electron chi connectivity index (χ0n) is 13.1. The highest BCUT2D eigenvalue weighted by Crippen LogP contribution is 2.32. The standard InChI is InChI=1S/C15H24N4O3/c1-20-10-2-6-16-14-17-7-3-13(18-14)19-8-4-15(5-9-19)21-11-12-22-15/h3,7H,2,4-6,8-12H2,1H3,(H,16,17,18). The van der Waals surface area contributed by atoms with E-state index in [-0.39, 0.29) is 5.79 Å².